The summed E-state index contributed by atoms with van der Waals surface area (Å²) in [5, 5.41) is 3.37. The molecule has 1 amide bonds. The summed E-state index contributed by atoms with van der Waals surface area (Å²) in [4.78, 5) is 14.4. The molecule has 1 unspecified atom stereocenters. The fraction of sp³-hybridized carbons (Fsp3) is 0.500. The second-order valence-corrected chi connectivity index (χ2v) is 6.07. The zero-order valence-electron chi connectivity index (χ0n) is 10.4. The highest BCUT2D eigenvalue weighted by Crippen LogP contribution is 2.18. The molecule has 0 aromatic heterocycles. The normalized spacial score (nSPS) is 23.6. The fourth-order valence-electron chi connectivity index (χ4n) is 2.63. The molecule has 96 valence electrons. The van der Waals surface area contributed by atoms with Crippen LogP contribution >= 0.6 is 11.8 Å². The number of carbonyl (C=O) groups excluding carboxylic acids is 1. The van der Waals surface area contributed by atoms with Gasteiger partial charge in [-0.3, -0.25) is 4.79 Å². The van der Waals surface area contributed by atoms with E-state index in [1.54, 1.807) is 0 Å². The van der Waals surface area contributed by atoms with E-state index < -0.39 is 0 Å². The molecule has 3 nitrogen and oxygen atoms in total. The summed E-state index contributed by atoms with van der Waals surface area (Å²) in [5.41, 5.74) is 2.65. The summed E-state index contributed by atoms with van der Waals surface area (Å²) in [7, 11) is 0. The topological polar surface area (TPSA) is 32.3 Å². The lowest BCUT2D eigenvalue weighted by Crippen LogP contribution is -2.51. The number of nitrogens with one attached hydrogen (secondary N) is 1. The predicted molar refractivity (Wildman–Crippen MR) is 74.7 cm³/mol. The lowest BCUT2D eigenvalue weighted by molar-refractivity contribution is -0.133. The third-order valence-corrected chi connectivity index (χ3v) is 4.64. The van der Waals surface area contributed by atoms with E-state index >= 15 is 0 Å². The number of carbonyl (C=O) groups is 1. The maximum Gasteiger partial charge on any atom is 0.240 e. The van der Waals surface area contributed by atoms with Crippen LogP contribution in [-0.4, -0.2) is 41.4 Å². The number of fused-ring (bicyclic) bond motifs is 1. The molecule has 2 aliphatic rings. The number of nitrogens with zero attached hydrogens (tertiary/aromatic N) is 1. The van der Waals surface area contributed by atoms with E-state index in [4.69, 9.17) is 0 Å². The number of hydrogen-bond acceptors (Lipinski definition) is 3. The van der Waals surface area contributed by atoms with Crippen LogP contribution in [0.2, 0.25) is 0 Å². The Morgan fingerprint density at radius 2 is 1.94 bits per heavy atom. The van der Waals surface area contributed by atoms with Crippen molar-refractivity contribution in [3.05, 3.63) is 35.4 Å². The summed E-state index contributed by atoms with van der Waals surface area (Å²) in [6, 6.07) is 8.37. The minimum absolute atomic E-state index is 0.0250. The van der Waals surface area contributed by atoms with Gasteiger partial charge in [0, 0.05) is 31.1 Å². The molecule has 0 saturated carbocycles. The fourth-order valence-corrected chi connectivity index (χ4v) is 3.54. The lowest BCUT2D eigenvalue weighted by atomic mass is 9.95. The maximum absolute atomic E-state index is 12.4. The van der Waals surface area contributed by atoms with Crippen molar-refractivity contribution in [2.45, 2.75) is 19.0 Å². The zero-order chi connectivity index (χ0) is 12.4. The van der Waals surface area contributed by atoms with Crippen LogP contribution in [0, 0.1) is 0 Å². The van der Waals surface area contributed by atoms with Crippen molar-refractivity contribution in [1.29, 1.82) is 0 Å². The van der Waals surface area contributed by atoms with Gasteiger partial charge in [-0.25, -0.2) is 0 Å². The first-order valence-electron chi connectivity index (χ1n) is 6.51. The molecule has 1 aromatic rings. The van der Waals surface area contributed by atoms with Crippen LogP contribution in [0.15, 0.2) is 24.3 Å². The smallest absolute Gasteiger partial charge is 0.240 e. The molecule has 1 atom stereocenters. The van der Waals surface area contributed by atoms with Gasteiger partial charge in [0.2, 0.25) is 5.91 Å². The van der Waals surface area contributed by atoms with Crippen LogP contribution in [0.5, 0.6) is 0 Å². The Hall–Kier alpha value is -1.00. The molecule has 2 heterocycles. The largest absolute Gasteiger partial charge is 0.340 e. The molecular formula is C14H18N2OS. The second-order valence-electron chi connectivity index (χ2n) is 4.84. The van der Waals surface area contributed by atoms with Gasteiger partial charge in [0.05, 0.1) is 6.04 Å². The standard InChI is InChI=1S/C14H18N2OS/c17-14(16-5-7-18-8-6-16)13-9-11-3-1-2-4-12(11)10-15-13/h1-4,13,15H,5-10H2. The molecule has 0 bridgehead atoms. The molecule has 1 aromatic carbocycles. The van der Waals surface area contributed by atoms with Crippen LogP contribution in [-0.2, 0) is 17.8 Å². The quantitative estimate of drug-likeness (QED) is 0.827. The Morgan fingerprint density at radius 1 is 1.22 bits per heavy atom. The molecular weight excluding hydrogens is 244 g/mol. The molecule has 0 aliphatic carbocycles. The SMILES string of the molecule is O=C(C1Cc2ccccc2CN1)N1CCSCC1. The van der Waals surface area contributed by atoms with E-state index in [9.17, 15) is 4.79 Å². The molecule has 1 N–H and O–H groups in total. The van der Waals surface area contributed by atoms with Crippen LogP contribution in [0.3, 0.4) is 0 Å². The third kappa shape index (κ3) is 2.40. The maximum atomic E-state index is 12.4. The second kappa shape index (κ2) is 5.33. The van der Waals surface area contributed by atoms with E-state index in [0.29, 0.717) is 0 Å². The highest BCUT2D eigenvalue weighted by molar-refractivity contribution is 7.99. The summed E-state index contributed by atoms with van der Waals surface area (Å²) < 4.78 is 0. The van der Waals surface area contributed by atoms with Gasteiger partial charge in [-0.15, -0.1) is 0 Å². The van der Waals surface area contributed by atoms with Gasteiger partial charge in [0.25, 0.3) is 0 Å². The Labute approximate surface area is 112 Å². The van der Waals surface area contributed by atoms with E-state index in [1.165, 1.54) is 11.1 Å². The monoisotopic (exact) mass is 262 g/mol. The summed E-state index contributed by atoms with van der Waals surface area (Å²) in [5.74, 6) is 2.44. The van der Waals surface area contributed by atoms with E-state index in [1.807, 2.05) is 16.7 Å². The van der Waals surface area contributed by atoms with Crippen molar-refractivity contribution in [1.82, 2.24) is 10.2 Å². The highest BCUT2D eigenvalue weighted by Gasteiger charge is 2.28. The van der Waals surface area contributed by atoms with Crippen molar-refractivity contribution >= 4 is 17.7 Å². The van der Waals surface area contributed by atoms with Gasteiger partial charge in [-0.1, -0.05) is 24.3 Å². The Morgan fingerprint density at radius 3 is 2.72 bits per heavy atom. The average Bonchev–Trinajstić information content (AvgIpc) is 2.47. The molecule has 4 heteroatoms. The van der Waals surface area contributed by atoms with Crippen molar-refractivity contribution in [2.75, 3.05) is 24.6 Å². The Kier molecular flexibility index (Phi) is 3.57. The first kappa shape index (κ1) is 12.1. The number of benzene rings is 1. The van der Waals surface area contributed by atoms with Crippen LogP contribution < -0.4 is 5.32 Å². The average molecular weight is 262 g/mol. The predicted octanol–water partition coefficient (Wildman–Crippen LogP) is 1.28. The molecule has 0 spiro atoms. The number of amides is 1. The zero-order valence-corrected chi connectivity index (χ0v) is 11.2. The molecule has 1 fully saturated rings. The van der Waals surface area contributed by atoms with Gasteiger partial charge in [0.15, 0.2) is 0 Å². The minimum atomic E-state index is -0.0250. The van der Waals surface area contributed by atoms with Gasteiger partial charge in [-0.05, 0) is 17.5 Å². The van der Waals surface area contributed by atoms with E-state index in [-0.39, 0.29) is 11.9 Å². The summed E-state index contributed by atoms with van der Waals surface area (Å²) in [6.45, 7) is 2.63. The Bertz CT molecular complexity index is 443. The molecule has 0 radical (unpaired) electrons. The summed E-state index contributed by atoms with van der Waals surface area (Å²) in [6.07, 6.45) is 0.832. The van der Waals surface area contributed by atoms with Gasteiger partial charge in [-0.2, -0.15) is 11.8 Å². The van der Waals surface area contributed by atoms with Crippen LogP contribution in [0.1, 0.15) is 11.1 Å². The molecule has 18 heavy (non-hydrogen) atoms. The van der Waals surface area contributed by atoms with Crippen molar-refractivity contribution in [3.63, 3.8) is 0 Å². The lowest BCUT2D eigenvalue weighted by Gasteiger charge is -2.33. The number of thioether (sulfide) groups is 1. The third-order valence-electron chi connectivity index (χ3n) is 3.70. The molecule has 1 saturated heterocycles. The Balaban J connectivity index is 1.69. The van der Waals surface area contributed by atoms with E-state index in [0.717, 1.165) is 37.6 Å². The minimum Gasteiger partial charge on any atom is -0.340 e. The number of hydrogen-bond donors (Lipinski definition) is 1. The van der Waals surface area contributed by atoms with Crippen molar-refractivity contribution in [2.24, 2.45) is 0 Å². The number of rotatable bonds is 1. The van der Waals surface area contributed by atoms with Crippen molar-refractivity contribution in [3.8, 4) is 0 Å². The van der Waals surface area contributed by atoms with E-state index in [2.05, 4.69) is 29.6 Å². The first-order chi connectivity index (χ1) is 8.84. The van der Waals surface area contributed by atoms with Gasteiger partial charge >= 0.3 is 0 Å². The van der Waals surface area contributed by atoms with Crippen LogP contribution in [0.4, 0.5) is 0 Å². The van der Waals surface area contributed by atoms with Gasteiger partial charge in [0.1, 0.15) is 0 Å². The highest BCUT2D eigenvalue weighted by atomic mass is 32.2. The van der Waals surface area contributed by atoms with Crippen molar-refractivity contribution < 1.29 is 4.79 Å². The van der Waals surface area contributed by atoms with Crippen LogP contribution in [0.25, 0.3) is 0 Å². The summed E-state index contributed by atoms with van der Waals surface area (Å²) >= 11 is 1.94. The molecule has 2 aliphatic heterocycles. The first-order valence-corrected chi connectivity index (χ1v) is 7.67. The molecule has 3 rings (SSSR count). The van der Waals surface area contributed by atoms with Gasteiger partial charge < -0.3 is 10.2 Å².